The molecule has 0 atom stereocenters. The second-order valence-corrected chi connectivity index (χ2v) is 8.35. The number of para-hydroxylation sites is 4. The number of aromatic nitrogens is 2. The van der Waals surface area contributed by atoms with Crippen LogP contribution in [0.2, 0.25) is 0 Å². The zero-order chi connectivity index (χ0) is 24.9. The van der Waals surface area contributed by atoms with Crippen molar-refractivity contribution in [2.24, 2.45) is 15.1 Å². The van der Waals surface area contributed by atoms with Crippen molar-refractivity contribution in [2.45, 2.75) is 0 Å². The van der Waals surface area contributed by atoms with Crippen molar-refractivity contribution in [3.8, 4) is 16.9 Å². The zero-order valence-electron chi connectivity index (χ0n) is 19.9. The molecular weight excluding hydrogens is 458 g/mol. The quantitative estimate of drug-likeness (QED) is 0.262. The SMILES string of the molecule is C(=NNC(Nc1ccccc1)=C1N=c2ccccc2=N1)c1cn(-c2ccccc2)nc1-c1ccccc1. The van der Waals surface area contributed by atoms with Gasteiger partial charge in [-0.05, 0) is 36.4 Å². The fraction of sp³-hybridized carbons (Fsp3) is 0. The summed E-state index contributed by atoms with van der Waals surface area (Å²) in [6, 6.07) is 37.8. The van der Waals surface area contributed by atoms with Gasteiger partial charge in [-0.3, -0.25) is 5.43 Å². The normalized spacial score (nSPS) is 12.1. The third-order valence-electron chi connectivity index (χ3n) is 5.79. The maximum atomic E-state index is 4.85. The van der Waals surface area contributed by atoms with E-state index in [4.69, 9.17) is 5.10 Å². The number of hydrogen-bond acceptors (Lipinski definition) is 6. The van der Waals surface area contributed by atoms with Crippen molar-refractivity contribution in [3.63, 3.8) is 0 Å². The van der Waals surface area contributed by atoms with Gasteiger partial charge in [0.1, 0.15) is 5.69 Å². The molecule has 7 nitrogen and oxygen atoms in total. The lowest BCUT2D eigenvalue weighted by Crippen LogP contribution is -2.19. The number of hydrogen-bond donors (Lipinski definition) is 2. The highest BCUT2D eigenvalue weighted by molar-refractivity contribution is 5.88. The van der Waals surface area contributed by atoms with Crippen LogP contribution in [0.4, 0.5) is 5.69 Å². The first-order valence-corrected chi connectivity index (χ1v) is 11.9. The highest BCUT2D eigenvalue weighted by Gasteiger charge is 2.12. The molecule has 0 aliphatic carbocycles. The van der Waals surface area contributed by atoms with Gasteiger partial charge in [0.05, 0.1) is 22.6 Å². The molecule has 0 fully saturated rings. The molecule has 7 heteroatoms. The van der Waals surface area contributed by atoms with Crippen LogP contribution in [-0.2, 0) is 0 Å². The van der Waals surface area contributed by atoms with Gasteiger partial charge in [0.2, 0.25) is 0 Å². The van der Waals surface area contributed by atoms with E-state index in [-0.39, 0.29) is 0 Å². The number of benzene rings is 4. The highest BCUT2D eigenvalue weighted by atomic mass is 15.4. The molecule has 178 valence electrons. The Bertz CT molecular complexity index is 1670. The molecule has 0 amide bonds. The lowest BCUT2D eigenvalue weighted by Gasteiger charge is -2.10. The summed E-state index contributed by atoms with van der Waals surface area (Å²) in [5, 5.41) is 14.4. The fourth-order valence-electron chi connectivity index (χ4n) is 4.00. The molecule has 2 heterocycles. The summed E-state index contributed by atoms with van der Waals surface area (Å²) in [4.78, 5) is 9.36. The van der Waals surface area contributed by atoms with Gasteiger partial charge in [-0.1, -0.05) is 78.9 Å². The van der Waals surface area contributed by atoms with E-state index in [0.29, 0.717) is 11.6 Å². The van der Waals surface area contributed by atoms with E-state index < -0.39 is 0 Å². The van der Waals surface area contributed by atoms with E-state index in [9.17, 15) is 0 Å². The van der Waals surface area contributed by atoms with Crippen LogP contribution >= 0.6 is 0 Å². The van der Waals surface area contributed by atoms with E-state index in [0.717, 1.165) is 38.9 Å². The van der Waals surface area contributed by atoms with E-state index in [2.05, 4.69) is 25.8 Å². The molecule has 0 saturated carbocycles. The Morgan fingerprint density at radius 2 is 1.30 bits per heavy atom. The van der Waals surface area contributed by atoms with Crippen LogP contribution in [0.15, 0.2) is 148 Å². The second-order valence-electron chi connectivity index (χ2n) is 8.35. The second kappa shape index (κ2) is 10.1. The van der Waals surface area contributed by atoms with Gasteiger partial charge in [-0.2, -0.15) is 10.2 Å². The molecule has 0 saturated heterocycles. The van der Waals surface area contributed by atoms with Crippen molar-refractivity contribution >= 4 is 11.9 Å². The van der Waals surface area contributed by atoms with Crippen molar-refractivity contribution < 1.29 is 0 Å². The monoisotopic (exact) mass is 481 g/mol. The average molecular weight is 482 g/mol. The van der Waals surface area contributed by atoms with Crippen molar-refractivity contribution in [2.75, 3.05) is 5.32 Å². The molecule has 4 aromatic carbocycles. The summed E-state index contributed by atoms with van der Waals surface area (Å²) in [6.45, 7) is 0. The summed E-state index contributed by atoms with van der Waals surface area (Å²) in [6.07, 6.45) is 3.74. The van der Waals surface area contributed by atoms with E-state index in [1.165, 1.54) is 0 Å². The minimum atomic E-state index is 0.533. The van der Waals surface area contributed by atoms with Crippen LogP contribution in [0.5, 0.6) is 0 Å². The Kier molecular flexibility index (Phi) is 6.07. The molecule has 2 N–H and O–H groups in total. The molecule has 37 heavy (non-hydrogen) atoms. The Labute approximate surface area is 213 Å². The van der Waals surface area contributed by atoms with Crippen LogP contribution in [0.1, 0.15) is 5.56 Å². The maximum Gasteiger partial charge on any atom is 0.196 e. The summed E-state index contributed by atoms with van der Waals surface area (Å²) in [5.41, 5.74) is 7.72. The summed E-state index contributed by atoms with van der Waals surface area (Å²) in [7, 11) is 0. The van der Waals surface area contributed by atoms with Crippen LogP contribution < -0.4 is 21.5 Å². The number of nitrogens with one attached hydrogen (secondary N) is 2. The third kappa shape index (κ3) is 4.92. The molecule has 1 aromatic heterocycles. The van der Waals surface area contributed by atoms with E-state index in [1.54, 1.807) is 6.21 Å². The minimum absolute atomic E-state index is 0.533. The molecule has 6 rings (SSSR count). The molecule has 0 spiro atoms. The summed E-state index contributed by atoms with van der Waals surface area (Å²) >= 11 is 0. The Hall–Kier alpha value is -5.30. The molecule has 5 aromatic rings. The predicted octanol–water partition coefficient (Wildman–Crippen LogP) is 4.65. The number of anilines is 1. The highest BCUT2D eigenvalue weighted by Crippen LogP contribution is 2.22. The molecule has 0 bridgehead atoms. The number of hydrazone groups is 1. The largest absolute Gasteiger partial charge is 0.337 e. The van der Waals surface area contributed by atoms with Gasteiger partial charge in [-0.15, -0.1) is 0 Å². The van der Waals surface area contributed by atoms with Crippen molar-refractivity contribution in [1.29, 1.82) is 0 Å². The Morgan fingerprint density at radius 1 is 0.703 bits per heavy atom. The fourth-order valence-corrected chi connectivity index (χ4v) is 4.00. The van der Waals surface area contributed by atoms with Gasteiger partial charge in [-0.25, -0.2) is 14.7 Å². The third-order valence-corrected chi connectivity index (χ3v) is 5.79. The lowest BCUT2D eigenvalue weighted by molar-refractivity contribution is 0.867. The summed E-state index contributed by atoms with van der Waals surface area (Å²) < 4.78 is 1.86. The number of rotatable bonds is 7. The average Bonchev–Trinajstić information content (AvgIpc) is 3.59. The standard InChI is InChI=1S/C30H23N7/c1-4-12-22(13-5-1)28-23(21-37(36-28)25-16-8-3-9-17-25)20-31-35-30(32-24-14-6-2-7-15-24)29-33-26-18-10-11-19-27(26)34-29/h1-21,32,35H. The van der Waals surface area contributed by atoms with Gasteiger partial charge in [0.25, 0.3) is 0 Å². The van der Waals surface area contributed by atoms with Gasteiger partial charge in [0.15, 0.2) is 11.6 Å². The van der Waals surface area contributed by atoms with Gasteiger partial charge < -0.3 is 5.32 Å². The van der Waals surface area contributed by atoms with E-state index in [1.807, 2.05) is 126 Å². The number of fused-ring (bicyclic) bond motifs is 1. The van der Waals surface area contributed by atoms with Crippen LogP contribution in [0.3, 0.4) is 0 Å². The van der Waals surface area contributed by atoms with Crippen molar-refractivity contribution in [1.82, 2.24) is 15.2 Å². The van der Waals surface area contributed by atoms with Crippen LogP contribution in [-0.4, -0.2) is 16.0 Å². The smallest absolute Gasteiger partial charge is 0.196 e. The first kappa shape index (κ1) is 22.2. The van der Waals surface area contributed by atoms with Crippen molar-refractivity contribution in [3.05, 3.63) is 149 Å². The zero-order valence-corrected chi connectivity index (χ0v) is 19.9. The molecule has 0 radical (unpaired) electrons. The molecule has 1 aliphatic rings. The molecule has 0 unspecified atom stereocenters. The predicted molar refractivity (Wildman–Crippen MR) is 146 cm³/mol. The Balaban J connectivity index is 1.36. The van der Waals surface area contributed by atoms with E-state index >= 15 is 0 Å². The van der Waals surface area contributed by atoms with Gasteiger partial charge in [0, 0.05) is 23.0 Å². The first-order chi connectivity index (χ1) is 18.3. The van der Waals surface area contributed by atoms with Gasteiger partial charge >= 0.3 is 0 Å². The first-order valence-electron chi connectivity index (χ1n) is 11.9. The van der Waals surface area contributed by atoms with Crippen LogP contribution in [0.25, 0.3) is 16.9 Å². The summed E-state index contributed by atoms with van der Waals surface area (Å²) in [5.74, 6) is 1.11. The number of nitrogens with zero attached hydrogens (tertiary/aromatic N) is 5. The Morgan fingerprint density at radius 3 is 1.97 bits per heavy atom. The minimum Gasteiger partial charge on any atom is -0.337 e. The lowest BCUT2D eigenvalue weighted by atomic mass is 10.1. The van der Waals surface area contributed by atoms with Crippen LogP contribution in [0, 0.1) is 0 Å². The topological polar surface area (TPSA) is 79.0 Å². The maximum absolute atomic E-state index is 4.85. The molecular formula is C30H23N7. The molecule has 1 aliphatic heterocycles.